The number of aliphatic hydroxyl groups excluding tert-OH is 2. The van der Waals surface area contributed by atoms with E-state index in [1.165, 1.54) is 38.5 Å². The Kier molecular flexibility index (Phi) is 28.9. The monoisotopic (exact) mass is 924 g/mol. The van der Waals surface area contributed by atoms with Gasteiger partial charge in [0.1, 0.15) is 37.6 Å². The summed E-state index contributed by atoms with van der Waals surface area (Å²) in [5.41, 5.74) is 6.99. The molecule has 2 rings (SSSR count). The van der Waals surface area contributed by atoms with E-state index in [-0.39, 0.29) is 32.5 Å². The van der Waals surface area contributed by atoms with Crippen molar-refractivity contribution in [3.8, 4) is 0 Å². The van der Waals surface area contributed by atoms with Gasteiger partial charge in [-0.15, -0.1) is 0 Å². The number of esters is 3. The highest BCUT2D eigenvalue weighted by Crippen LogP contribution is 2.28. The van der Waals surface area contributed by atoms with Crippen LogP contribution in [-0.4, -0.2) is 101 Å². The van der Waals surface area contributed by atoms with E-state index in [1.807, 2.05) is 18.2 Å². The average molecular weight is 926 g/mol. The average Bonchev–Trinajstić information content (AvgIpc) is 3.22. The normalized spacial score (nSPS) is 20.0. The number of hydrogen-bond donors (Lipinski definition) is 4. The molecular formula is C44H71Cl3N2O12. The third-order valence-corrected chi connectivity index (χ3v) is 10.6. The minimum absolute atomic E-state index is 0.0445. The number of amides is 1. The van der Waals surface area contributed by atoms with E-state index in [2.05, 4.69) is 19.2 Å². The van der Waals surface area contributed by atoms with Gasteiger partial charge >= 0.3 is 24.0 Å². The molecule has 0 aliphatic carbocycles. The number of nitrogens with two attached hydrogens (primary N) is 1. The molecule has 61 heavy (non-hydrogen) atoms. The molecule has 7 atom stereocenters. The SMILES string of the molecule is CCCCCCCCCCC[C@H](CC(=O)O[C@H]1[C@H](O)[C@@H](CO)O[C@@H](OC[C@H](N)CC(=O)OCc2ccccc2)[C@@H]1NC(=O)OCC(Cl)(Cl)Cl)OC(=O)CCCCCCCCC. The third kappa shape index (κ3) is 25.5. The van der Waals surface area contributed by atoms with E-state index < -0.39 is 83.8 Å². The summed E-state index contributed by atoms with van der Waals surface area (Å²) in [5.74, 6) is -1.84. The molecule has 1 amide bonds. The number of alkyl halides is 3. The summed E-state index contributed by atoms with van der Waals surface area (Å²) in [6, 6.07) is 6.71. The first kappa shape index (κ1) is 54.7. The Morgan fingerprint density at radius 1 is 0.803 bits per heavy atom. The topological polar surface area (TPSA) is 202 Å². The fourth-order valence-electron chi connectivity index (χ4n) is 6.86. The molecule has 1 fully saturated rings. The minimum atomic E-state index is -1.96. The number of ether oxygens (including phenoxy) is 6. The Bertz CT molecular complexity index is 1360. The lowest BCUT2D eigenvalue weighted by Gasteiger charge is -2.43. The van der Waals surface area contributed by atoms with Crippen LogP contribution in [0.1, 0.15) is 148 Å². The molecule has 0 unspecified atom stereocenters. The number of rotatable bonds is 32. The van der Waals surface area contributed by atoms with Crippen molar-refractivity contribution in [1.29, 1.82) is 0 Å². The number of halogens is 3. The van der Waals surface area contributed by atoms with Crippen molar-refractivity contribution in [1.82, 2.24) is 5.32 Å². The van der Waals surface area contributed by atoms with Crippen LogP contribution in [0.25, 0.3) is 0 Å². The van der Waals surface area contributed by atoms with Gasteiger partial charge in [0.2, 0.25) is 3.79 Å². The molecule has 1 aliphatic heterocycles. The molecule has 0 aromatic heterocycles. The van der Waals surface area contributed by atoms with Crippen LogP contribution in [0.2, 0.25) is 0 Å². The van der Waals surface area contributed by atoms with Crippen molar-refractivity contribution in [3.63, 3.8) is 0 Å². The first-order valence-electron chi connectivity index (χ1n) is 22.2. The molecule has 0 spiro atoms. The van der Waals surface area contributed by atoms with Gasteiger partial charge in [0, 0.05) is 12.5 Å². The van der Waals surface area contributed by atoms with Crippen molar-refractivity contribution in [2.24, 2.45) is 5.73 Å². The molecule has 0 bridgehead atoms. The van der Waals surface area contributed by atoms with Gasteiger partial charge in [-0.3, -0.25) is 14.4 Å². The highest BCUT2D eigenvalue weighted by Gasteiger charge is 2.49. The van der Waals surface area contributed by atoms with Gasteiger partial charge < -0.3 is 49.7 Å². The zero-order valence-electron chi connectivity index (χ0n) is 36.1. The van der Waals surface area contributed by atoms with Gasteiger partial charge in [0.25, 0.3) is 0 Å². The molecular weight excluding hydrogens is 855 g/mol. The summed E-state index contributed by atoms with van der Waals surface area (Å²) in [6.45, 7) is 2.69. The second-order valence-corrected chi connectivity index (χ2v) is 18.3. The number of unbranched alkanes of at least 4 members (excludes halogenated alkanes) is 14. The zero-order chi connectivity index (χ0) is 44.9. The highest BCUT2D eigenvalue weighted by atomic mass is 35.6. The van der Waals surface area contributed by atoms with Gasteiger partial charge in [0.15, 0.2) is 12.4 Å². The van der Waals surface area contributed by atoms with E-state index in [9.17, 15) is 29.4 Å². The van der Waals surface area contributed by atoms with Crippen LogP contribution in [0, 0.1) is 0 Å². The third-order valence-electron chi connectivity index (χ3n) is 10.2. The second kappa shape index (κ2) is 32.3. The number of nitrogens with one attached hydrogen (secondary N) is 1. The molecule has 5 N–H and O–H groups in total. The molecule has 1 aromatic carbocycles. The first-order valence-corrected chi connectivity index (χ1v) is 23.3. The second-order valence-electron chi connectivity index (χ2n) is 15.8. The summed E-state index contributed by atoms with van der Waals surface area (Å²) < 4.78 is 31.7. The van der Waals surface area contributed by atoms with Crippen LogP contribution >= 0.6 is 34.8 Å². The van der Waals surface area contributed by atoms with Gasteiger partial charge in [-0.05, 0) is 24.8 Å². The van der Waals surface area contributed by atoms with Crippen LogP contribution in [0.5, 0.6) is 0 Å². The summed E-state index contributed by atoms with van der Waals surface area (Å²) in [6.07, 6.45) is 9.08. The summed E-state index contributed by atoms with van der Waals surface area (Å²) in [7, 11) is 0. The van der Waals surface area contributed by atoms with Crippen molar-refractivity contribution in [2.75, 3.05) is 19.8 Å². The standard InChI is InChI=1S/C44H71Cl3N2O12/c1-3-5-7-9-11-12-14-15-20-24-34(59-36(51)25-21-16-13-10-8-6-4-2)27-38(53)61-41-39(49-43(55)58-31-44(45,46)47)42(60-35(28-50)40(41)54)57-30-33(48)26-37(52)56-29-32-22-18-17-19-23-32/h17-19,22-23,33-35,39-42,50,54H,3-16,20-21,24-31,48H2,1-2H3,(H,49,55)/t33-,34-,35-,39-,40-,41-,42-/m1/s1. The maximum absolute atomic E-state index is 13.7. The Morgan fingerprint density at radius 2 is 1.39 bits per heavy atom. The smallest absolute Gasteiger partial charge is 0.407 e. The van der Waals surface area contributed by atoms with Crippen molar-refractivity contribution in [3.05, 3.63) is 35.9 Å². The van der Waals surface area contributed by atoms with Crippen LogP contribution in [0.4, 0.5) is 4.79 Å². The quantitative estimate of drug-likeness (QED) is 0.0233. The van der Waals surface area contributed by atoms with Gasteiger partial charge in [-0.1, -0.05) is 169 Å². The van der Waals surface area contributed by atoms with Crippen LogP contribution in [0.3, 0.4) is 0 Å². The van der Waals surface area contributed by atoms with E-state index >= 15 is 0 Å². The highest BCUT2D eigenvalue weighted by molar-refractivity contribution is 6.67. The maximum Gasteiger partial charge on any atom is 0.407 e. The van der Waals surface area contributed by atoms with E-state index in [1.54, 1.807) is 12.1 Å². The lowest BCUT2D eigenvalue weighted by molar-refractivity contribution is -0.274. The lowest BCUT2D eigenvalue weighted by atomic mass is 9.96. The molecule has 1 saturated heterocycles. The molecule has 14 nitrogen and oxygen atoms in total. The van der Waals surface area contributed by atoms with E-state index in [0.717, 1.165) is 63.4 Å². The molecule has 1 heterocycles. The predicted octanol–water partition coefficient (Wildman–Crippen LogP) is 8.28. The molecule has 1 aliphatic rings. The first-order chi connectivity index (χ1) is 29.3. The van der Waals surface area contributed by atoms with E-state index in [4.69, 9.17) is 69.0 Å². The van der Waals surface area contributed by atoms with Crippen molar-refractivity contribution >= 4 is 58.8 Å². The Hall–Kier alpha value is -2.43. The van der Waals surface area contributed by atoms with Crippen molar-refractivity contribution < 1.29 is 57.8 Å². The number of carbonyl (C=O) groups excluding carboxylic acids is 4. The molecule has 0 radical (unpaired) electrons. The van der Waals surface area contributed by atoms with E-state index in [0.29, 0.717) is 12.8 Å². The summed E-state index contributed by atoms with van der Waals surface area (Å²) >= 11 is 17.3. The molecule has 17 heteroatoms. The number of hydrogen-bond acceptors (Lipinski definition) is 13. The minimum Gasteiger partial charge on any atom is -0.462 e. The van der Waals surface area contributed by atoms with Crippen LogP contribution in [0.15, 0.2) is 30.3 Å². The zero-order valence-corrected chi connectivity index (χ0v) is 38.4. The van der Waals surface area contributed by atoms with Crippen LogP contribution < -0.4 is 11.1 Å². The fourth-order valence-corrected chi connectivity index (χ4v) is 7.02. The Balaban J connectivity index is 2.16. The Morgan fingerprint density at radius 3 is 1.98 bits per heavy atom. The predicted molar refractivity (Wildman–Crippen MR) is 234 cm³/mol. The number of alkyl carbamates (subject to hydrolysis) is 1. The van der Waals surface area contributed by atoms with Gasteiger partial charge in [-0.25, -0.2) is 4.79 Å². The molecule has 0 saturated carbocycles. The lowest BCUT2D eigenvalue weighted by Crippen LogP contribution is -2.66. The molecule has 350 valence electrons. The number of benzene rings is 1. The molecule has 1 aromatic rings. The fraction of sp³-hybridized carbons (Fsp3) is 0.773. The summed E-state index contributed by atoms with van der Waals surface area (Å²) in [5, 5.41) is 23.9. The van der Waals surface area contributed by atoms with Crippen molar-refractivity contribution in [2.45, 2.75) is 195 Å². The maximum atomic E-state index is 13.7. The number of carbonyl (C=O) groups is 4. The van der Waals surface area contributed by atoms with Gasteiger partial charge in [0.05, 0.1) is 26.1 Å². The largest absolute Gasteiger partial charge is 0.462 e. The number of aliphatic hydroxyl groups is 2. The van der Waals surface area contributed by atoms with Crippen LogP contribution in [-0.2, 0) is 49.4 Å². The Labute approximate surface area is 377 Å². The summed E-state index contributed by atoms with van der Waals surface area (Å²) in [4.78, 5) is 52.2. The van der Waals surface area contributed by atoms with Gasteiger partial charge in [-0.2, -0.15) is 0 Å².